The van der Waals surface area contributed by atoms with Gasteiger partial charge in [0.25, 0.3) is 0 Å². The summed E-state index contributed by atoms with van der Waals surface area (Å²) in [6.45, 7) is 7.69. The minimum absolute atomic E-state index is 0.224. The Labute approximate surface area is 194 Å². The summed E-state index contributed by atoms with van der Waals surface area (Å²) in [4.78, 5) is 4.85. The summed E-state index contributed by atoms with van der Waals surface area (Å²) in [5.74, 6) is 3.08. The minimum atomic E-state index is -0.224. The number of benzene rings is 3. The number of ether oxygens (including phenoxy) is 2. The summed E-state index contributed by atoms with van der Waals surface area (Å²) in [5.41, 5.74) is 3.37. The molecule has 4 rings (SSSR count). The van der Waals surface area contributed by atoms with E-state index in [-0.39, 0.29) is 6.10 Å². The van der Waals surface area contributed by atoms with Crippen molar-refractivity contribution in [3.8, 4) is 11.5 Å². The molecule has 0 spiro atoms. The Kier molecular flexibility index (Phi) is 7.01. The van der Waals surface area contributed by atoms with Crippen molar-refractivity contribution in [3.05, 3.63) is 89.2 Å². The van der Waals surface area contributed by atoms with Crippen molar-refractivity contribution >= 4 is 22.6 Å². The molecule has 166 valence electrons. The summed E-state index contributed by atoms with van der Waals surface area (Å²) < 4.78 is 14.4. The molecule has 4 aromatic rings. The van der Waals surface area contributed by atoms with Gasteiger partial charge in [-0.25, -0.2) is 4.98 Å². The molecule has 0 amide bonds. The lowest BCUT2D eigenvalue weighted by Gasteiger charge is -2.17. The molecule has 0 aliphatic heterocycles. The van der Waals surface area contributed by atoms with Gasteiger partial charge in [0, 0.05) is 5.02 Å². The van der Waals surface area contributed by atoms with Gasteiger partial charge in [0.2, 0.25) is 0 Å². The number of hydrogen-bond donors (Lipinski definition) is 0. The van der Waals surface area contributed by atoms with Gasteiger partial charge in [-0.05, 0) is 73.4 Å². The predicted molar refractivity (Wildman–Crippen MR) is 131 cm³/mol. The van der Waals surface area contributed by atoms with Gasteiger partial charge in [-0.3, -0.25) is 0 Å². The molecule has 0 aliphatic rings. The standard InChI is InChI=1S/C27H29ClN2O2/c1-4-19(2)21-9-13-23(14-10-21)31-18-17-30-26-8-6-5-7-25(26)29-27(30)20(3)32-24-15-11-22(28)12-16-24/h5-16,19-20H,4,17-18H2,1-3H3. The molecule has 1 aromatic heterocycles. The number of imidazole rings is 1. The lowest BCUT2D eigenvalue weighted by Crippen LogP contribution is -2.15. The summed E-state index contributed by atoms with van der Waals surface area (Å²) in [7, 11) is 0. The monoisotopic (exact) mass is 448 g/mol. The van der Waals surface area contributed by atoms with E-state index >= 15 is 0 Å². The maximum atomic E-state index is 6.15. The van der Waals surface area contributed by atoms with Crippen LogP contribution in [0.2, 0.25) is 5.02 Å². The molecule has 3 aromatic carbocycles. The fraction of sp³-hybridized carbons (Fsp3) is 0.296. The van der Waals surface area contributed by atoms with Crippen LogP contribution in [0.4, 0.5) is 0 Å². The van der Waals surface area contributed by atoms with Crippen LogP contribution in [0.1, 0.15) is 50.6 Å². The highest BCUT2D eigenvalue weighted by Gasteiger charge is 2.18. The third-order valence-corrected chi connectivity index (χ3v) is 6.07. The van der Waals surface area contributed by atoms with E-state index in [9.17, 15) is 0 Å². The maximum Gasteiger partial charge on any atom is 0.153 e. The second-order valence-electron chi connectivity index (χ2n) is 8.05. The third-order valence-electron chi connectivity index (χ3n) is 5.82. The smallest absolute Gasteiger partial charge is 0.153 e. The normalized spacial score (nSPS) is 13.1. The number of rotatable bonds is 9. The lowest BCUT2D eigenvalue weighted by molar-refractivity contribution is 0.207. The van der Waals surface area contributed by atoms with Crippen LogP contribution in [0, 0.1) is 0 Å². The van der Waals surface area contributed by atoms with Gasteiger partial charge >= 0.3 is 0 Å². The Morgan fingerprint density at radius 1 is 0.906 bits per heavy atom. The van der Waals surface area contributed by atoms with Crippen molar-refractivity contribution < 1.29 is 9.47 Å². The van der Waals surface area contributed by atoms with Crippen molar-refractivity contribution in [1.82, 2.24) is 9.55 Å². The number of para-hydroxylation sites is 2. The quantitative estimate of drug-likeness (QED) is 0.267. The van der Waals surface area contributed by atoms with E-state index in [0.717, 1.165) is 34.8 Å². The molecule has 0 N–H and O–H groups in total. The number of hydrogen-bond acceptors (Lipinski definition) is 3. The summed E-state index contributed by atoms with van der Waals surface area (Å²) in [6.07, 6.45) is 0.908. The largest absolute Gasteiger partial charge is 0.492 e. The first-order valence-electron chi connectivity index (χ1n) is 11.1. The SMILES string of the molecule is CCC(C)c1ccc(OCCn2c(C(C)Oc3ccc(Cl)cc3)nc3ccccc32)cc1. The van der Waals surface area contributed by atoms with E-state index < -0.39 is 0 Å². The second-order valence-corrected chi connectivity index (χ2v) is 8.49. The molecule has 5 heteroatoms. The fourth-order valence-electron chi connectivity index (χ4n) is 3.79. The molecule has 0 saturated heterocycles. The molecule has 2 unspecified atom stereocenters. The number of halogens is 1. The lowest BCUT2D eigenvalue weighted by atomic mass is 9.99. The Morgan fingerprint density at radius 3 is 2.31 bits per heavy atom. The van der Waals surface area contributed by atoms with E-state index in [0.29, 0.717) is 24.1 Å². The third kappa shape index (κ3) is 5.08. The average molecular weight is 449 g/mol. The fourth-order valence-corrected chi connectivity index (χ4v) is 3.92. The molecule has 32 heavy (non-hydrogen) atoms. The van der Waals surface area contributed by atoms with Crippen LogP contribution in [0.25, 0.3) is 11.0 Å². The number of aromatic nitrogens is 2. The highest BCUT2D eigenvalue weighted by Crippen LogP contribution is 2.26. The molecule has 2 atom stereocenters. The van der Waals surface area contributed by atoms with E-state index in [1.807, 2.05) is 49.4 Å². The zero-order chi connectivity index (χ0) is 22.5. The van der Waals surface area contributed by atoms with Gasteiger partial charge in [0.1, 0.15) is 18.1 Å². The molecule has 1 heterocycles. The Hall–Kier alpha value is -2.98. The molecule has 0 fully saturated rings. The molecule has 0 bridgehead atoms. The van der Waals surface area contributed by atoms with Gasteiger partial charge in [0.05, 0.1) is 17.6 Å². The molecule has 4 nitrogen and oxygen atoms in total. The first kappa shape index (κ1) is 22.2. The van der Waals surface area contributed by atoms with Crippen LogP contribution in [-0.2, 0) is 6.54 Å². The first-order valence-corrected chi connectivity index (χ1v) is 11.5. The van der Waals surface area contributed by atoms with E-state index in [1.165, 1.54) is 5.56 Å². The van der Waals surface area contributed by atoms with Crippen molar-refractivity contribution in [3.63, 3.8) is 0 Å². The molecule has 0 aliphatic carbocycles. The minimum Gasteiger partial charge on any atom is -0.492 e. The highest BCUT2D eigenvalue weighted by molar-refractivity contribution is 6.30. The highest BCUT2D eigenvalue weighted by atomic mass is 35.5. The van der Waals surface area contributed by atoms with Crippen molar-refractivity contribution in [2.45, 2.75) is 45.8 Å². The zero-order valence-corrected chi connectivity index (χ0v) is 19.5. The Balaban J connectivity index is 1.49. The molecular weight excluding hydrogens is 420 g/mol. The summed E-state index contributed by atoms with van der Waals surface area (Å²) >= 11 is 6.00. The van der Waals surface area contributed by atoms with E-state index in [4.69, 9.17) is 26.1 Å². The van der Waals surface area contributed by atoms with E-state index in [1.54, 1.807) is 0 Å². The zero-order valence-electron chi connectivity index (χ0n) is 18.8. The summed E-state index contributed by atoms with van der Waals surface area (Å²) in [5, 5.41) is 0.687. The Morgan fingerprint density at radius 2 is 1.59 bits per heavy atom. The predicted octanol–water partition coefficient (Wildman–Crippen LogP) is 7.42. The number of nitrogens with zero attached hydrogens (tertiary/aromatic N) is 2. The van der Waals surface area contributed by atoms with Gasteiger partial charge in [-0.2, -0.15) is 0 Å². The Bertz CT molecular complexity index is 1150. The second kappa shape index (κ2) is 10.1. The van der Waals surface area contributed by atoms with Crippen LogP contribution in [0.5, 0.6) is 11.5 Å². The van der Waals surface area contributed by atoms with Crippen LogP contribution in [-0.4, -0.2) is 16.2 Å². The summed E-state index contributed by atoms with van der Waals surface area (Å²) in [6, 6.07) is 24.0. The van der Waals surface area contributed by atoms with Crippen LogP contribution >= 0.6 is 11.6 Å². The van der Waals surface area contributed by atoms with Gasteiger partial charge < -0.3 is 14.0 Å². The molecular formula is C27H29ClN2O2. The van der Waals surface area contributed by atoms with Crippen molar-refractivity contribution in [2.75, 3.05) is 6.61 Å². The van der Waals surface area contributed by atoms with Crippen molar-refractivity contribution in [1.29, 1.82) is 0 Å². The molecule has 0 saturated carbocycles. The first-order chi connectivity index (χ1) is 15.5. The topological polar surface area (TPSA) is 36.3 Å². The van der Waals surface area contributed by atoms with Gasteiger partial charge in [-0.15, -0.1) is 0 Å². The van der Waals surface area contributed by atoms with Crippen LogP contribution < -0.4 is 9.47 Å². The van der Waals surface area contributed by atoms with Crippen molar-refractivity contribution in [2.24, 2.45) is 0 Å². The maximum absolute atomic E-state index is 6.15. The van der Waals surface area contributed by atoms with Gasteiger partial charge in [0.15, 0.2) is 11.9 Å². The average Bonchev–Trinajstić information content (AvgIpc) is 3.19. The van der Waals surface area contributed by atoms with Crippen LogP contribution in [0.3, 0.4) is 0 Å². The van der Waals surface area contributed by atoms with E-state index in [2.05, 4.69) is 48.7 Å². The van der Waals surface area contributed by atoms with Crippen LogP contribution in [0.15, 0.2) is 72.8 Å². The molecule has 0 radical (unpaired) electrons. The van der Waals surface area contributed by atoms with Gasteiger partial charge in [-0.1, -0.05) is 49.7 Å². The number of fused-ring (bicyclic) bond motifs is 1.